The molecule has 10 heteroatoms. The molecule has 0 saturated carbocycles. The van der Waals surface area contributed by atoms with Gasteiger partial charge in [-0.15, -0.1) is 13.2 Å². The van der Waals surface area contributed by atoms with Gasteiger partial charge in [0.1, 0.15) is 11.6 Å². The van der Waals surface area contributed by atoms with E-state index < -0.39 is 12.1 Å². The van der Waals surface area contributed by atoms with Gasteiger partial charge in [0.2, 0.25) is 0 Å². The third-order valence-electron chi connectivity index (χ3n) is 4.95. The predicted molar refractivity (Wildman–Crippen MR) is 124 cm³/mol. The monoisotopic (exact) mass is 514 g/mol. The Bertz CT molecular complexity index is 1150. The molecular weight excluding hydrogens is 495 g/mol. The number of benzene rings is 3. The van der Waals surface area contributed by atoms with Crippen LogP contribution in [0.2, 0.25) is 10.0 Å². The summed E-state index contributed by atoms with van der Waals surface area (Å²) in [7, 11) is 1.67. The second kappa shape index (κ2) is 11.0. The van der Waals surface area contributed by atoms with Crippen LogP contribution in [0, 0.1) is 5.82 Å². The van der Waals surface area contributed by atoms with Gasteiger partial charge in [-0.25, -0.2) is 4.39 Å². The summed E-state index contributed by atoms with van der Waals surface area (Å²) in [6.07, 6.45) is -4.46. The summed E-state index contributed by atoms with van der Waals surface area (Å²) >= 11 is 12.1. The molecule has 0 aliphatic carbocycles. The number of amides is 1. The lowest BCUT2D eigenvalue weighted by Crippen LogP contribution is -2.33. The van der Waals surface area contributed by atoms with Gasteiger partial charge in [-0.2, -0.15) is 0 Å². The summed E-state index contributed by atoms with van der Waals surface area (Å²) in [6, 6.07) is 14.6. The van der Waals surface area contributed by atoms with Crippen molar-refractivity contribution in [2.75, 3.05) is 18.9 Å². The molecule has 0 atom stereocenters. The van der Waals surface area contributed by atoms with E-state index in [0.29, 0.717) is 28.3 Å². The number of hydrogen-bond acceptors (Lipinski definition) is 3. The Morgan fingerprint density at radius 2 is 1.68 bits per heavy atom. The SMILES string of the molecule is CNc1ccc(Cl)cc1C(=O)N(CCc1ccc(F)cc1)Cc1ccc(OC(F)(F)F)c(Cl)c1. The maximum Gasteiger partial charge on any atom is 0.573 e. The molecule has 0 fully saturated rings. The van der Waals surface area contributed by atoms with Crippen LogP contribution in [0.25, 0.3) is 0 Å². The van der Waals surface area contributed by atoms with Gasteiger partial charge in [0.15, 0.2) is 0 Å². The highest BCUT2D eigenvalue weighted by Gasteiger charge is 2.32. The molecule has 0 saturated heterocycles. The van der Waals surface area contributed by atoms with E-state index in [1.54, 1.807) is 31.3 Å². The molecule has 0 heterocycles. The van der Waals surface area contributed by atoms with Crippen LogP contribution in [0.5, 0.6) is 5.75 Å². The molecular formula is C24H20Cl2F4N2O2. The standard InChI is InChI=1S/C24H20Cl2F4N2O2/c1-31-21-8-5-17(25)13-19(21)23(33)32(11-10-15-2-6-18(27)7-3-15)14-16-4-9-22(20(26)12-16)34-24(28,29)30/h2-9,12-13,31H,10-11,14H2,1H3. The molecule has 180 valence electrons. The molecule has 0 bridgehead atoms. The first kappa shape index (κ1) is 25.6. The molecule has 0 radical (unpaired) electrons. The predicted octanol–water partition coefficient (Wildman–Crippen LogP) is 6.96. The number of hydrogen-bond donors (Lipinski definition) is 1. The highest BCUT2D eigenvalue weighted by molar-refractivity contribution is 6.32. The Labute approximate surface area is 204 Å². The molecule has 4 nitrogen and oxygen atoms in total. The fourth-order valence-electron chi connectivity index (χ4n) is 3.32. The smallest absolute Gasteiger partial charge is 0.404 e. The number of ether oxygens (including phenoxy) is 1. The lowest BCUT2D eigenvalue weighted by Gasteiger charge is -2.25. The molecule has 34 heavy (non-hydrogen) atoms. The zero-order valence-electron chi connectivity index (χ0n) is 17.9. The summed E-state index contributed by atoms with van der Waals surface area (Å²) < 4.78 is 54.8. The van der Waals surface area contributed by atoms with Gasteiger partial charge in [0.25, 0.3) is 5.91 Å². The van der Waals surface area contributed by atoms with Crippen LogP contribution in [-0.2, 0) is 13.0 Å². The van der Waals surface area contributed by atoms with E-state index in [-0.39, 0.29) is 29.8 Å². The lowest BCUT2D eigenvalue weighted by atomic mass is 10.1. The first-order valence-electron chi connectivity index (χ1n) is 10.1. The van der Waals surface area contributed by atoms with E-state index in [0.717, 1.165) is 11.6 Å². The van der Waals surface area contributed by atoms with Gasteiger partial charge in [-0.05, 0) is 60.0 Å². The first-order valence-corrected chi connectivity index (χ1v) is 10.9. The highest BCUT2D eigenvalue weighted by Crippen LogP contribution is 2.31. The molecule has 0 aromatic heterocycles. The van der Waals surface area contributed by atoms with Crippen molar-refractivity contribution in [3.05, 3.63) is 93.2 Å². The van der Waals surface area contributed by atoms with Gasteiger partial charge >= 0.3 is 6.36 Å². The Balaban J connectivity index is 1.88. The quantitative estimate of drug-likeness (QED) is 0.330. The van der Waals surface area contributed by atoms with Crippen molar-refractivity contribution in [3.63, 3.8) is 0 Å². The second-order valence-corrected chi connectivity index (χ2v) is 8.20. The van der Waals surface area contributed by atoms with E-state index >= 15 is 0 Å². The molecule has 0 spiro atoms. The number of carbonyl (C=O) groups is 1. The molecule has 0 unspecified atom stereocenters. The number of nitrogens with zero attached hydrogens (tertiary/aromatic N) is 1. The Morgan fingerprint density at radius 1 is 1.00 bits per heavy atom. The van der Waals surface area contributed by atoms with Crippen molar-refractivity contribution < 1.29 is 27.1 Å². The Hall–Kier alpha value is -2.97. The second-order valence-electron chi connectivity index (χ2n) is 7.36. The fourth-order valence-corrected chi connectivity index (χ4v) is 3.73. The average molecular weight is 515 g/mol. The number of alkyl halides is 3. The maximum atomic E-state index is 13.5. The van der Waals surface area contributed by atoms with E-state index in [1.807, 2.05) is 0 Å². The third-order valence-corrected chi connectivity index (χ3v) is 5.48. The van der Waals surface area contributed by atoms with Crippen LogP contribution in [0.1, 0.15) is 21.5 Å². The van der Waals surface area contributed by atoms with Crippen molar-refractivity contribution in [1.82, 2.24) is 4.90 Å². The largest absolute Gasteiger partial charge is 0.573 e. The normalized spacial score (nSPS) is 11.3. The van der Waals surface area contributed by atoms with E-state index in [1.165, 1.54) is 35.2 Å². The Kier molecular flexibility index (Phi) is 8.28. The van der Waals surface area contributed by atoms with Gasteiger partial charge < -0.3 is 15.0 Å². The Morgan fingerprint density at radius 3 is 2.29 bits per heavy atom. The number of nitrogens with one attached hydrogen (secondary N) is 1. The van der Waals surface area contributed by atoms with Crippen LogP contribution in [0.15, 0.2) is 60.7 Å². The van der Waals surface area contributed by atoms with E-state index in [9.17, 15) is 22.4 Å². The topological polar surface area (TPSA) is 41.6 Å². The van der Waals surface area contributed by atoms with Crippen molar-refractivity contribution in [1.29, 1.82) is 0 Å². The molecule has 3 aromatic carbocycles. The van der Waals surface area contributed by atoms with Crippen molar-refractivity contribution in [3.8, 4) is 5.75 Å². The minimum Gasteiger partial charge on any atom is -0.404 e. The minimum atomic E-state index is -4.88. The van der Waals surface area contributed by atoms with Crippen molar-refractivity contribution >= 4 is 34.8 Å². The third kappa shape index (κ3) is 7.01. The molecule has 0 aliphatic rings. The summed E-state index contributed by atoms with van der Waals surface area (Å²) in [4.78, 5) is 15.0. The van der Waals surface area contributed by atoms with Crippen LogP contribution in [0.4, 0.5) is 23.2 Å². The molecule has 1 amide bonds. The summed E-state index contributed by atoms with van der Waals surface area (Å²) in [6.45, 7) is 0.306. The summed E-state index contributed by atoms with van der Waals surface area (Å²) in [5.74, 6) is -1.25. The van der Waals surface area contributed by atoms with Gasteiger partial charge in [0.05, 0.1) is 10.6 Å². The van der Waals surface area contributed by atoms with Crippen molar-refractivity contribution in [2.45, 2.75) is 19.3 Å². The molecule has 3 aromatic rings. The number of rotatable bonds is 8. The van der Waals surface area contributed by atoms with E-state index in [2.05, 4.69) is 10.1 Å². The zero-order valence-corrected chi connectivity index (χ0v) is 19.4. The fraction of sp³-hybridized carbons (Fsp3) is 0.208. The number of carbonyl (C=O) groups excluding carboxylic acids is 1. The first-order chi connectivity index (χ1) is 16.1. The van der Waals surface area contributed by atoms with E-state index in [4.69, 9.17) is 23.2 Å². The van der Waals surface area contributed by atoms with Gasteiger partial charge in [0, 0.05) is 30.8 Å². The molecule has 1 N–H and O–H groups in total. The van der Waals surface area contributed by atoms with Gasteiger partial charge in [-0.1, -0.05) is 41.4 Å². The number of anilines is 1. The van der Waals surface area contributed by atoms with Crippen LogP contribution in [0.3, 0.4) is 0 Å². The maximum absolute atomic E-state index is 13.5. The average Bonchev–Trinajstić information content (AvgIpc) is 2.78. The van der Waals surface area contributed by atoms with Gasteiger partial charge in [-0.3, -0.25) is 4.79 Å². The van der Waals surface area contributed by atoms with Crippen LogP contribution in [-0.4, -0.2) is 30.8 Å². The van der Waals surface area contributed by atoms with Crippen LogP contribution >= 0.6 is 23.2 Å². The minimum absolute atomic E-state index is 0.0573. The lowest BCUT2D eigenvalue weighted by molar-refractivity contribution is -0.274. The zero-order chi connectivity index (χ0) is 24.9. The van der Waals surface area contributed by atoms with Crippen molar-refractivity contribution in [2.24, 2.45) is 0 Å². The summed E-state index contributed by atoms with van der Waals surface area (Å²) in [5, 5.41) is 3.08. The highest BCUT2D eigenvalue weighted by atomic mass is 35.5. The van der Waals surface area contributed by atoms with Crippen LogP contribution < -0.4 is 10.1 Å². The number of halogens is 6. The molecule has 0 aliphatic heterocycles. The molecule has 3 rings (SSSR count). The summed E-state index contributed by atoms with van der Waals surface area (Å²) in [5.41, 5.74) is 2.21.